The predicted molar refractivity (Wildman–Crippen MR) is 120 cm³/mol. The molecule has 0 amide bonds. The fraction of sp³-hybridized carbons (Fsp3) is 0.636. The molecular formula is C22H33N5O2S. The van der Waals surface area contributed by atoms with Gasteiger partial charge in [0.15, 0.2) is 16.3 Å². The lowest BCUT2D eigenvalue weighted by Gasteiger charge is -2.34. The number of nitrogens with zero attached hydrogens (tertiary/aromatic N) is 5. The van der Waals surface area contributed by atoms with Crippen LogP contribution in [0.15, 0.2) is 12.1 Å². The van der Waals surface area contributed by atoms with Crippen LogP contribution in [-0.4, -0.2) is 64.5 Å². The maximum absolute atomic E-state index is 5.71. The number of hydrogen-bond donors (Lipinski definition) is 0. The number of ether oxygens (including phenoxy) is 2. The van der Waals surface area contributed by atoms with Crippen molar-refractivity contribution < 1.29 is 9.47 Å². The maximum atomic E-state index is 5.71. The monoisotopic (exact) mass is 431 g/mol. The molecule has 30 heavy (non-hydrogen) atoms. The average Bonchev–Trinajstić information content (AvgIpc) is 2.92. The van der Waals surface area contributed by atoms with Crippen LogP contribution >= 0.6 is 12.2 Å². The molecule has 8 heteroatoms. The van der Waals surface area contributed by atoms with Gasteiger partial charge >= 0.3 is 0 Å². The van der Waals surface area contributed by atoms with Gasteiger partial charge in [0.25, 0.3) is 0 Å². The highest BCUT2D eigenvalue weighted by molar-refractivity contribution is 7.71. The molecule has 0 radical (unpaired) electrons. The van der Waals surface area contributed by atoms with Gasteiger partial charge in [0.1, 0.15) is 5.82 Å². The number of aromatic nitrogens is 3. The molecule has 2 aliphatic rings. The Morgan fingerprint density at radius 1 is 0.933 bits per heavy atom. The summed E-state index contributed by atoms with van der Waals surface area (Å²) < 4.78 is 16.1. The Bertz CT molecular complexity index is 930. The maximum Gasteiger partial charge on any atom is 0.199 e. The average molecular weight is 432 g/mol. The van der Waals surface area contributed by atoms with Gasteiger partial charge in [-0.05, 0) is 55.2 Å². The van der Waals surface area contributed by atoms with Crippen LogP contribution in [0.1, 0.15) is 36.2 Å². The molecule has 164 valence electrons. The lowest BCUT2D eigenvalue weighted by Crippen LogP contribution is -2.46. The number of piperazine rings is 1. The summed E-state index contributed by atoms with van der Waals surface area (Å²) in [6.07, 6.45) is 4.76. The van der Waals surface area contributed by atoms with Crippen molar-refractivity contribution in [3.63, 3.8) is 0 Å². The second kappa shape index (κ2) is 9.49. The summed E-state index contributed by atoms with van der Waals surface area (Å²) in [6.45, 7) is 9.00. The van der Waals surface area contributed by atoms with E-state index < -0.39 is 0 Å². The van der Waals surface area contributed by atoms with Crippen molar-refractivity contribution in [1.29, 1.82) is 0 Å². The highest BCUT2D eigenvalue weighted by Crippen LogP contribution is 2.31. The lowest BCUT2D eigenvalue weighted by molar-refractivity contribution is 0.0977. The molecule has 0 unspecified atom stereocenters. The molecule has 3 heterocycles. The van der Waals surface area contributed by atoms with Gasteiger partial charge in [-0.2, -0.15) is 5.10 Å². The molecule has 1 fully saturated rings. The number of aryl methyl sites for hydroxylation is 2. The van der Waals surface area contributed by atoms with Gasteiger partial charge in [-0.15, -0.1) is 0 Å². The van der Waals surface area contributed by atoms with E-state index in [9.17, 15) is 0 Å². The van der Waals surface area contributed by atoms with Crippen molar-refractivity contribution in [3.8, 4) is 11.5 Å². The Balaban J connectivity index is 1.35. The van der Waals surface area contributed by atoms with Crippen molar-refractivity contribution in [3.05, 3.63) is 33.9 Å². The van der Waals surface area contributed by atoms with Crippen LogP contribution in [-0.2, 0) is 26.2 Å². The van der Waals surface area contributed by atoms with Gasteiger partial charge in [0.05, 0.1) is 20.9 Å². The highest BCUT2D eigenvalue weighted by Gasteiger charge is 2.21. The third-order valence-electron chi connectivity index (χ3n) is 6.32. The number of rotatable bonds is 6. The normalized spacial score (nSPS) is 18.1. The molecule has 0 N–H and O–H groups in total. The standard InChI is InChI=1S/C22H33N5O2S/c1-17-13-19(28-2)20(29-3)14-18(17)15-24-9-11-25(12-10-24)16-27-22(30)26-8-6-4-5-7-21(26)23-27/h13-14H,4-12,15-16H2,1-3H3. The minimum Gasteiger partial charge on any atom is -0.493 e. The van der Waals surface area contributed by atoms with E-state index in [1.807, 2.05) is 4.68 Å². The summed E-state index contributed by atoms with van der Waals surface area (Å²) in [5, 5.41) is 4.83. The van der Waals surface area contributed by atoms with Crippen molar-refractivity contribution in [1.82, 2.24) is 24.1 Å². The second-order valence-electron chi connectivity index (χ2n) is 8.33. The van der Waals surface area contributed by atoms with Crippen LogP contribution in [0.3, 0.4) is 0 Å². The number of methoxy groups -OCH3 is 2. The number of fused-ring (bicyclic) bond motifs is 1. The van der Waals surface area contributed by atoms with E-state index in [0.717, 1.165) is 68.6 Å². The Morgan fingerprint density at radius 2 is 1.63 bits per heavy atom. The predicted octanol–water partition coefficient (Wildman–Crippen LogP) is 3.24. The van der Waals surface area contributed by atoms with Gasteiger partial charge in [-0.3, -0.25) is 9.80 Å². The fourth-order valence-corrected chi connectivity index (χ4v) is 4.72. The summed E-state index contributed by atoms with van der Waals surface area (Å²) in [4.78, 5) is 4.97. The van der Waals surface area contributed by atoms with E-state index in [0.29, 0.717) is 0 Å². The Kier molecular flexibility index (Phi) is 6.75. The molecule has 0 spiro atoms. The van der Waals surface area contributed by atoms with E-state index >= 15 is 0 Å². The van der Waals surface area contributed by atoms with E-state index in [1.54, 1.807) is 14.2 Å². The van der Waals surface area contributed by atoms with Gasteiger partial charge in [-0.1, -0.05) is 6.42 Å². The third kappa shape index (κ3) is 4.55. The van der Waals surface area contributed by atoms with Crippen LogP contribution < -0.4 is 9.47 Å². The largest absolute Gasteiger partial charge is 0.493 e. The lowest BCUT2D eigenvalue weighted by atomic mass is 10.1. The van der Waals surface area contributed by atoms with Crippen molar-refractivity contribution >= 4 is 12.2 Å². The highest BCUT2D eigenvalue weighted by atomic mass is 32.1. The van der Waals surface area contributed by atoms with E-state index in [-0.39, 0.29) is 0 Å². The van der Waals surface area contributed by atoms with Crippen LogP contribution in [0, 0.1) is 11.7 Å². The summed E-state index contributed by atoms with van der Waals surface area (Å²) >= 11 is 5.71. The fourth-order valence-electron chi connectivity index (χ4n) is 4.43. The zero-order chi connectivity index (χ0) is 21.1. The van der Waals surface area contributed by atoms with Gasteiger partial charge in [-0.25, -0.2) is 4.68 Å². The molecule has 1 saturated heterocycles. The molecule has 2 aliphatic heterocycles. The molecular weight excluding hydrogens is 398 g/mol. The Labute approximate surface area is 184 Å². The molecule has 0 bridgehead atoms. The third-order valence-corrected chi connectivity index (χ3v) is 6.75. The minimum atomic E-state index is 0.791. The van der Waals surface area contributed by atoms with Crippen molar-refractivity contribution in [2.75, 3.05) is 40.4 Å². The first kappa shape index (κ1) is 21.3. The number of hydrogen-bond acceptors (Lipinski definition) is 6. The quantitative estimate of drug-likeness (QED) is 0.655. The summed E-state index contributed by atoms with van der Waals surface area (Å²) in [6, 6.07) is 4.17. The van der Waals surface area contributed by atoms with Gasteiger partial charge in [0, 0.05) is 45.7 Å². The van der Waals surface area contributed by atoms with Gasteiger partial charge in [0.2, 0.25) is 0 Å². The summed E-state index contributed by atoms with van der Waals surface area (Å²) in [5.41, 5.74) is 2.53. The van der Waals surface area contributed by atoms with E-state index in [4.69, 9.17) is 26.8 Å². The molecule has 2 aromatic rings. The first-order valence-corrected chi connectivity index (χ1v) is 11.3. The van der Waals surface area contributed by atoms with Gasteiger partial charge < -0.3 is 14.0 Å². The zero-order valence-corrected chi connectivity index (χ0v) is 19.2. The zero-order valence-electron chi connectivity index (χ0n) is 18.4. The van der Waals surface area contributed by atoms with Crippen LogP contribution in [0.2, 0.25) is 0 Å². The van der Waals surface area contributed by atoms with Crippen LogP contribution in [0.5, 0.6) is 11.5 Å². The number of benzene rings is 1. The smallest absolute Gasteiger partial charge is 0.199 e. The van der Waals surface area contributed by atoms with Crippen molar-refractivity contribution in [2.24, 2.45) is 0 Å². The Morgan fingerprint density at radius 3 is 2.37 bits per heavy atom. The summed E-state index contributed by atoms with van der Waals surface area (Å²) in [5.74, 6) is 2.75. The second-order valence-corrected chi connectivity index (χ2v) is 8.70. The first-order chi connectivity index (χ1) is 14.6. The Hall–Kier alpha value is -1.90. The van der Waals surface area contributed by atoms with Crippen LogP contribution in [0.25, 0.3) is 0 Å². The molecule has 4 rings (SSSR count). The first-order valence-electron chi connectivity index (χ1n) is 10.9. The molecule has 0 aliphatic carbocycles. The molecule has 0 atom stereocenters. The van der Waals surface area contributed by atoms with E-state index in [2.05, 4.69) is 33.4 Å². The topological polar surface area (TPSA) is 47.7 Å². The van der Waals surface area contributed by atoms with Crippen molar-refractivity contribution in [2.45, 2.75) is 52.4 Å². The summed E-state index contributed by atoms with van der Waals surface area (Å²) in [7, 11) is 3.37. The molecule has 1 aromatic carbocycles. The van der Waals surface area contributed by atoms with Crippen LogP contribution in [0.4, 0.5) is 0 Å². The molecule has 1 aromatic heterocycles. The molecule has 0 saturated carbocycles. The SMILES string of the molecule is COc1cc(C)c(CN2CCN(Cn3nc4n(c3=S)CCCCC4)CC2)cc1OC. The minimum absolute atomic E-state index is 0.791. The van der Waals surface area contributed by atoms with E-state index in [1.165, 1.54) is 36.2 Å². The molecule has 7 nitrogen and oxygen atoms in total.